The fourth-order valence-electron chi connectivity index (χ4n) is 6.14. The molecule has 1 fully saturated rings. The summed E-state index contributed by atoms with van der Waals surface area (Å²) in [5.41, 5.74) is 2.18. The first kappa shape index (κ1) is 30.3. The standard InChI is InChI=1S/C31H31Cl2F3N4O2/c32-25-11-12-26(33)39-27(25)28(41)38-20-13-17-40(18-14-20)16-6-5-15-30(29(42)37-19-31(34,35)36)23-9-3-1-7-21(23)22-8-2-4-10-24(22)30/h1-4,7-12,20H,5-6,13-19H2,(H,37,42)(H,38,41). The van der Waals surface area contributed by atoms with Crippen molar-refractivity contribution < 1.29 is 22.8 Å². The lowest BCUT2D eigenvalue weighted by atomic mass is 9.73. The molecule has 42 heavy (non-hydrogen) atoms. The van der Waals surface area contributed by atoms with Crippen molar-refractivity contribution in [2.45, 2.75) is 49.7 Å². The number of rotatable bonds is 9. The van der Waals surface area contributed by atoms with Crippen molar-refractivity contribution in [3.05, 3.63) is 87.7 Å². The minimum Gasteiger partial charge on any atom is -0.348 e. The van der Waals surface area contributed by atoms with Gasteiger partial charge in [0.05, 0.1) is 5.02 Å². The Morgan fingerprint density at radius 1 is 0.929 bits per heavy atom. The van der Waals surface area contributed by atoms with Crippen LogP contribution in [0.25, 0.3) is 11.1 Å². The molecule has 1 aliphatic carbocycles. The van der Waals surface area contributed by atoms with E-state index in [0.29, 0.717) is 12.8 Å². The van der Waals surface area contributed by atoms with Crippen LogP contribution in [0.1, 0.15) is 53.7 Å². The molecule has 11 heteroatoms. The number of nitrogens with zero attached hydrogens (tertiary/aromatic N) is 2. The monoisotopic (exact) mass is 618 g/mol. The van der Waals surface area contributed by atoms with E-state index in [9.17, 15) is 22.8 Å². The summed E-state index contributed by atoms with van der Waals surface area (Å²) in [7, 11) is 0. The second-order valence-electron chi connectivity index (χ2n) is 10.8. The van der Waals surface area contributed by atoms with E-state index < -0.39 is 24.0 Å². The third-order valence-electron chi connectivity index (χ3n) is 8.13. The molecule has 222 valence electrons. The van der Waals surface area contributed by atoms with Crippen LogP contribution in [0, 0.1) is 0 Å². The second kappa shape index (κ2) is 12.6. The van der Waals surface area contributed by atoms with Crippen molar-refractivity contribution in [1.82, 2.24) is 20.5 Å². The van der Waals surface area contributed by atoms with Gasteiger partial charge in [0, 0.05) is 19.1 Å². The molecule has 2 amide bonds. The molecule has 0 radical (unpaired) electrons. The number of carbonyl (C=O) groups is 2. The zero-order chi connectivity index (χ0) is 29.9. The average Bonchev–Trinajstić information content (AvgIpc) is 3.26. The number of fused-ring (bicyclic) bond motifs is 3. The highest BCUT2D eigenvalue weighted by Gasteiger charge is 2.49. The van der Waals surface area contributed by atoms with E-state index in [1.807, 2.05) is 48.5 Å². The third-order valence-corrected chi connectivity index (χ3v) is 8.64. The Hall–Kier alpha value is -3.14. The molecule has 3 aromatic rings. The highest BCUT2D eigenvalue weighted by Crippen LogP contribution is 2.51. The van der Waals surface area contributed by atoms with E-state index in [2.05, 4.69) is 20.5 Å². The number of nitrogens with one attached hydrogen (secondary N) is 2. The fourth-order valence-corrected chi connectivity index (χ4v) is 6.48. The Labute approximate surface area is 252 Å². The third kappa shape index (κ3) is 6.43. The van der Waals surface area contributed by atoms with Crippen LogP contribution in [0.15, 0.2) is 60.7 Å². The number of pyridine rings is 1. The number of benzene rings is 2. The minimum absolute atomic E-state index is 0.0160. The molecule has 1 saturated heterocycles. The van der Waals surface area contributed by atoms with E-state index >= 15 is 0 Å². The zero-order valence-corrected chi connectivity index (χ0v) is 24.3. The molecule has 2 heterocycles. The first-order valence-electron chi connectivity index (χ1n) is 14.0. The largest absolute Gasteiger partial charge is 0.405 e. The first-order chi connectivity index (χ1) is 20.1. The van der Waals surface area contributed by atoms with Crippen molar-refractivity contribution in [2.24, 2.45) is 0 Å². The number of hydrogen-bond acceptors (Lipinski definition) is 4. The summed E-state index contributed by atoms with van der Waals surface area (Å²) in [6.07, 6.45) is -1.17. The zero-order valence-electron chi connectivity index (χ0n) is 22.8. The van der Waals surface area contributed by atoms with Crippen LogP contribution >= 0.6 is 23.2 Å². The van der Waals surface area contributed by atoms with Gasteiger partial charge in [-0.1, -0.05) is 78.2 Å². The Morgan fingerprint density at radius 3 is 2.17 bits per heavy atom. The molecule has 0 unspecified atom stereocenters. The number of likely N-dealkylation sites (tertiary alicyclic amines) is 1. The maximum Gasteiger partial charge on any atom is 0.405 e. The summed E-state index contributed by atoms with van der Waals surface area (Å²) < 4.78 is 39.3. The lowest BCUT2D eigenvalue weighted by molar-refractivity contribution is -0.141. The number of halogens is 5. The van der Waals surface area contributed by atoms with Gasteiger partial charge in [-0.25, -0.2) is 4.98 Å². The second-order valence-corrected chi connectivity index (χ2v) is 11.6. The van der Waals surface area contributed by atoms with Crippen LogP contribution in [-0.4, -0.2) is 60.1 Å². The Kier molecular flexibility index (Phi) is 9.11. The molecule has 1 aliphatic heterocycles. The number of amides is 2. The van der Waals surface area contributed by atoms with Gasteiger partial charge in [-0.3, -0.25) is 9.59 Å². The minimum atomic E-state index is -4.50. The predicted octanol–water partition coefficient (Wildman–Crippen LogP) is 6.40. The number of piperidine rings is 1. The van der Waals surface area contributed by atoms with Gasteiger partial charge >= 0.3 is 6.18 Å². The Morgan fingerprint density at radius 2 is 1.55 bits per heavy atom. The van der Waals surface area contributed by atoms with E-state index in [1.54, 1.807) is 6.07 Å². The summed E-state index contributed by atoms with van der Waals surface area (Å²) in [4.78, 5) is 32.6. The molecule has 0 saturated carbocycles. The average molecular weight is 620 g/mol. The van der Waals surface area contributed by atoms with E-state index in [0.717, 1.165) is 61.2 Å². The van der Waals surface area contributed by atoms with Gasteiger partial charge in [-0.05, 0) is 66.6 Å². The lowest BCUT2D eigenvalue weighted by Gasteiger charge is -2.33. The van der Waals surface area contributed by atoms with Crippen LogP contribution in [-0.2, 0) is 10.2 Å². The van der Waals surface area contributed by atoms with Crippen LogP contribution in [0.4, 0.5) is 13.2 Å². The highest BCUT2D eigenvalue weighted by molar-refractivity contribution is 6.34. The summed E-state index contributed by atoms with van der Waals surface area (Å²) in [5, 5.41) is 5.62. The first-order valence-corrected chi connectivity index (χ1v) is 14.7. The summed E-state index contributed by atoms with van der Waals surface area (Å²) in [6, 6.07) is 18.0. The fraction of sp³-hybridized carbons (Fsp3) is 0.387. The number of aromatic nitrogens is 1. The molecule has 2 N–H and O–H groups in total. The van der Waals surface area contributed by atoms with Crippen LogP contribution in [0.3, 0.4) is 0 Å². The van der Waals surface area contributed by atoms with Gasteiger partial charge < -0.3 is 15.5 Å². The van der Waals surface area contributed by atoms with E-state index in [1.165, 1.54) is 6.07 Å². The van der Waals surface area contributed by atoms with Gasteiger partial charge in [0.1, 0.15) is 22.8 Å². The summed E-state index contributed by atoms with van der Waals surface area (Å²) in [5.74, 6) is -0.977. The van der Waals surface area contributed by atoms with Crippen molar-refractivity contribution in [2.75, 3.05) is 26.2 Å². The lowest BCUT2D eigenvalue weighted by Crippen LogP contribution is -2.47. The topological polar surface area (TPSA) is 74.3 Å². The normalized spacial score (nSPS) is 16.5. The van der Waals surface area contributed by atoms with E-state index in [4.69, 9.17) is 23.2 Å². The van der Waals surface area contributed by atoms with Crippen molar-refractivity contribution in [3.63, 3.8) is 0 Å². The molecule has 6 nitrogen and oxygen atoms in total. The van der Waals surface area contributed by atoms with Gasteiger partial charge in [-0.15, -0.1) is 0 Å². The number of unbranched alkanes of at least 4 members (excludes halogenated alkanes) is 1. The molecule has 2 aliphatic rings. The molecule has 0 spiro atoms. The molecular formula is C31H31Cl2F3N4O2. The highest BCUT2D eigenvalue weighted by atomic mass is 35.5. The number of alkyl halides is 3. The maximum atomic E-state index is 13.6. The molecule has 0 bridgehead atoms. The Balaban J connectivity index is 1.20. The van der Waals surface area contributed by atoms with Gasteiger partial charge in [-0.2, -0.15) is 13.2 Å². The molecule has 1 aromatic heterocycles. The number of carbonyl (C=O) groups excluding carboxylic acids is 2. The van der Waals surface area contributed by atoms with Crippen molar-refractivity contribution in [1.29, 1.82) is 0 Å². The Bertz CT molecular complexity index is 1410. The van der Waals surface area contributed by atoms with Crippen molar-refractivity contribution in [3.8, 4) is 11.1 Å². The van der Waals surface area contributed by atoms with Gasteiger partial charge in [0.2, 0.25) is 5.91 Å². The molecule has 0 atom stereocenters. The maximum absolute atomic E-state index is 13.6. The number of hydrogen-bond donors (Lipinski definition) is 2. The van der Waals surface area contributed by atoms with Crippen LogP contribution in [0.2, 0.25) is 10.2 Å². The summed E-state index contributed by atoms with van der Waals surface area (Å²) >= 11 is 12.0. The molecule has 2 aromatic carbocycles. The molecular weight excluding hydrogens is 588 g/mol. The summed E-state index contributed by atoms with van der Waals surface area (Å²) in [6.45, 7) is 0.976. The molecule has 5 rings (SSSR count). The smallest absolute Gasteiger partial charge is 0.348 e. The van der Waals surface area contributed by atoms with Gasteiger partial charge in [0.15, 0.2) is 0 Å². The van der Waals surface area contributed by atoms with E-state index in [-0.39, 0.29) is 27.8 Å². The SMILES string of the molecule is O=C(NC1CCN(CCCCC2(C(=O)NCC(F)(F)F)c3ccccc3-c3ccccc32)CC1)c1nc(Cl)ccc1Cl. The van der Waals surface area contributed by atoms with Gasteiger partial charge in [0.25, 0.3) is 5.91 Å². The van der Waals surface area contributed by atoms with Crippen LogP contribution in [0.5, 0.6) is 0 Å². The predicted molar refractivity (Wildman–Crippen MR) is 157 cm³/mol. The van der Waals surface area contributed by atoms with Crippen molar-refractivity contribution >= 4 is 35.0 Å². The van der Waals surface area contributed by atoms with Crippen LogP contribution < -0.4 is 10.6 Å². The quantitative estimate of drug-likeness (QED) is 0.215.